The Morgan fingerprint density at radius 2 is 1.71 bits per heavy atom. The Labute approximate surface area is 209 Å². The maximum Gasteiger partial charge on any atom is 0.232 e. The number of carbonyl (C=O) groups is 2. The van der Waals surface area contributed by atoms with Gasteiger partial charge < -0.3 is 10.2 Å². The monoisotopic (exact) mass is 481 g/mol. The molecule has 4 aromatic rings. The van der Waals surface area contributed by atoms with E-state index in [9.17, 15) is 9.59 Å². The topological polar surface area (TPSA) is 62.3 Å². The summed E-state index contributed by atoms with van der Waals surface area (Å²) in [4.78, 5) is 32.5. The number of aryl methyl sites for hydroxylation is 1. The molecule has 0 aliphatic carbocycles. The molecule has 1 aromatic heterocycles. The van der Waals surface area contributed by atoms with Crippen molar-refractivity contribution < 1.29 is 9.59 Å². The van der Waals surface area contributed by atoms with Crippen LogP contribution in [0.2, 0.25) is 0 Å². The van der Waals surface area contributed by atoms with E-state index in [-0.39, 0.29) is 24.3 Å². The lowest BCUT2D eigenvalue weighted by molar-refractivity contribution is -0.129. The lowest BCUT2D eigenvalue weighted by Crippen LogP contribution is -2.32. The van der Waals surface area contributed by atoms with E-state index in [2.05, 4.69) is 40.6 Å². The molecule has 1 saturated heterocycles. The third-order valence-corrected chi connectivity index (χ3v) is 7.27. The Bertz CT molecular complexity index is 1350. The quantitative estimate of drug-likeness (QED) is 0.350. The van der Waals surface area contributed by atoms with Crippen LogP contribution in [0.1, 0.15) is 30.5 Å². The van der Waals surface area contributed by atoms with E-state index in [1.54, 1.807) is 4.90 Å². The third kappa shape index (κ3) is 4.75. The summed E-state index contributed by atoms with van der Waals surface area (Å²) < 4.78 is 0. The van der Waals surface area contributed by atoms with Gasteiger partial charge in [0.1, 0.15) is 0 Å². The summed E-state index contributed by atoms with van der Waals surface area (Å²) in [6.45, 7) is 4.55. The average Bonchev–Trinajstić information content (AvgIpc) is 3.48. The zero-order chi connectivity index (χ0) is 24.4. The Kier molecular flexibility index (Phi) is 6.47. The minimum Gasteiger partial charge on any atom is -0.335 e. The maximum atomic E-state index is 13.3. The van der Waals surface area contributed by atoms with Gasteiger partial charge in [-0.2, -0.15) is 0 Å². The smallest absolute Gasteiger partial charge is 0.232 e. The Morgan fingerprint density at radius 3 is 2.43 bits per heavy atom. The number of amides is 2. The van der Waals surface area contributed by atoms with Crippen molar-refractivity contribution in [2.24, 2.45) is 5.92 Å². The van der Waals surface area contributed by atoms with Gasteiger partial charge in [-0.05, 0) is 30.5 Å². The molecule has 0 bridgehead atoms. The van der Waals surface area contributed by atoms with Crippen LogP contribution in [0.4, 0.5) is 5.13 Å². The van der Waals surface area contributed by atoms with Gasteiger partial charge in [0.05, 0.1) is 17.7 Å². The van der Waals surface area contributed by atoms with Gasteiger partial charge in [0, 0.05) is 23.9 Å². The highest BCUT2D eigenvalue weighted by Crippen LogP contribution is 2.39. The Morgan fingerprint density at radius 1 is 1.00 bits per heavy atom. The van der Waals surface area contributed by atoms with Crippen molar-refractivity contribution in [3.8, 4) is 22.4 Å². The molecule has 0 saturated carbocycles. The first-order valence-corrected chi connectivity index (χ1v) is 12.7. The molecule has 0 radical (unpaired) electrons. The van der Waals surface area contributed by atoms with Gasteiger partial charge in [-0.25, -0.2) is 4.98 Å². The zero-order valence-corrected chi connectivity index (χ0v) is 20.6. The van der Waals surface area contributed by atoms with E-state index in [1.807, 2.05) is 67.8 Å². The lowest BCUT2D eigenvalue weighted by atomic mass is 9.92. The van der Waals surface area contributed by atoms with Crippen molar-refractivity contribution >= 4 is 28.3 Å². The van der Waals surface area contributed by atoms with Crippen LogP contribution in [-0.4, -0.2) is 28.2 Å². The number of hydrogen-bond acceptors (Lipinski definition) is 4. The fourth-order valence-electron chi connectivity index (χ4n) is 4.79. The van der Waals surface area contributed by atoms with Gasteiger partial charge in [-0.1, -0.05) is 84.4 Å². The molecule has 0 spiro atoms. The molecule has 5 rings (SSSR count). The standard InChI is InChI=1S/C29H27N3O2S/c1-3-32-26(33)17-24(27(32)23-11-7-8-19(2)16-23)28(34)31-29-30-25(18-35-29)22-14-12-21(13-15-22)20-9-5-4-6-10-20/h4-16,18,24,27H,3,17H2,1-2H3,(H,30,31,34). The van der Waals surface area contributed by atoms with Crippen LogP contribution in [0.5, 0.6) is 0 Å². The maximum absolute atomic E-state index is 13.3. The number of rotatable bonds is 6. The zero-order valence-electron chi connectivity index (χ0n) is 19.8. The molecule has 1 aliphatic rings. The fourth-order valence-corrected chi connectivity index (χ4v) is 5.51. The van der Waals surface area contributed by atoms with E-state index in [0.29, 0.717) is 11.7 Å². The number of hydrogen-bond donors (Lipinski definition) is 1. The molecular formula is C29H27N3O2S. The van der Waals surface area contributed by atoms with Gasteiger partial charge >= 0.3 is 0 Å². The van der Waals surface area contributed by atoms with E-state index in [0.717, 1.165) is 27.9 Å². The highest BCUT2D eigenvalue weighted by atomic mass is 32.1. The van der Waals surface area contributed by atoms with Crippen molar-refractivity contribution in [1.82, 2.24) is 9.88 Å². The van der Waals surface area contributed by atoms with Crippen LogP contribution >= 0.6 is 11.3 Å². The molecule has 35 heavy (non-hydrogen) atoms. The van der Waals surface area contributed by atoms with Crippen molar-refractivity contribution in [2.45, 2.75) is 26.3 Å². The number of aromatic nitrogens is 1. The largest absolute Gasteiger partial charge is 0.335 e. The number of thiazole rings is 1. The molecule has 2 heterocycles. The van der Waals surface area contributed by atoms with Gasteiger partial charge in [0.15, 0.2) is 5.13 Å². The summed E-state index contributed by atoms with van der Waals surface area (Å²) >= 11 is 1.40. The summed E-state index contributed by atoms with van der Waals surface area (Å²) in [5, 5.41) is 5.47. The van der Waals surface area contributed by atoms with E-state index in [4.69, 9.17) is 0 Å². The molecule has 6 heteroatoms. The normalized spacial score (nSPS) is 17.5. The minimum absolute atomic E-state index is 0.0116. The number of nitrogens with one attached hydrogen (secondary N) is 1. The number of likely N-dealkylation sites (tertiary alicyclic amines) is 1. The highest BCUT2D eigenvalue weighted by molar-refractivity contribution is 7.14. The van der Waals surface area contributed by atoms with Gasteiger partial charge in [-0.3, -0.25) is 9.59 Å². The fraction of sp³-hybridized carbons (Fsp3) is 0.207. The molecule has 5 nitrogen and oxygen atoms in total. The van der Waals surface area contributed by atoms with Crippen LogP contribution in [0, 0.1) is 12.8 Å². The molecule has 3 aromatic carbocycles. The van der Waals surface area contributed by atoms with Crippen LogP contribution < -0.4 is 5.32 Å². The van der Waals surface area contributed by atoms with Gasteiger partial charge in [0.25, 0.3) is 0 Å². The molecule has 1 aliphatic heterocycles. The lowest BCUT2D eigenvalue weighted by Gasteiger charge is -2.27. The Balaban J connectivity index is 1.33. The van der Waals surface area contributed by atoms with Crippen molar-refractivity contribution in [3.63, 3.8) is 0 Å². The minimum atomic E-state index is -0.457. The number of anilines is 1. The number of nitrogens with zero attached hydrogens (tertiary/aromatic N) is 2. The van der Waals surface area contributed by atoms with Crippen molar-refractivity contribution in [2.75, 3.05) is 11.9 Å². The summed E-state index contributed by atoms with van der Waals surface area (Å²) in [6.07, 6.45) is 0.206. The highest BCUT2D eigenvalue weighted by Gasteiger charge is 2.44. The van der Waals surface area contributed by atoms with Crippen LogP contribution in [0.15, 0.2) is 84.2 Å². The van der Waals surface area contributed by atoms with Crippen LogP contribution in [0.3, 0.4) is 0 Å². The molecular weight excluding hydrogens is 454 g/mol. The third-order valence-electron chi connectivity index (χ3n) is 6.52. The molecule has 1 fully saturated rings. The van der Waals surface area contributed by atoms with Crippen molar-refractivity contribution in [3.05, 3.63) is 95.4 Å². The second-order valence-electron chi connectivity index (χ2n) is 8.82. The van der Waals surface area contributed by atoms with Gasteiger partial charge in [0.2, 0.25) is 11.8 Å². The molecule has 2 atom stereocenters. The Hall–Kier alpha value is -3.77. The summed E-state index contributed by atoms with van der Waals surface area (Å²) in [5.74, 6) is -0.611. The predicted molar refractivity (Wildman–Crippen MR) is 141 cm³/mol. The summed E-state index contributed by atoms with van der Waals surface area (Å²) in [7, 11) is 0. The predicted octanol–water partition coefficient (Wildman–Crippen LogP) is 6.33. The van der Waals surface area contributed by atoms with E-state index < -0.39 is 5.92 Å². The summed E-state index contributed by atoms with van der Waals surface area (Å²) in [6, 6.07) is 26.3. The van der Waals surface area contributed by atoms with Crippen LogP contribution in [-0.2, 0) is 9.59 Å². The molecule has 2 amide bonds. The SMILES string of the molecule is CCN1C(=O)CC(C(=O)Nc2nc(-c3ccc(-c4ccccc4)cc3)cs2)C1c1cccc(C)c1. The van der Waals surface area contributed by atoms with Crippen LogP contribution in [0.25, 0.3) is 22.4 Å². The number of carbonyl (C=O) groups excluding carboxylic acids is 2. The van der Waals surface area contributed by atoms with Crippen molar-refractivity contribution in [1.29, 1.82) is 0 Å². The van der Waals surface area contributed by atoms with E-state index >= 15 is 0 Å². The summed E-state index contributed by atoms with van der Waals surface area (Å²) in [5.41, 5.74) is 6.23. The first-order chi connectivity index (χ1) is 17.0. The van der Waals surface area contributed by atoms with Gasteiger partial charge in [-0.15, -0.1) is 11.3 Å². The number of benzene rings is 3. The second-order valence-corrected chi connectivity index (χ2v) is 9.68. The first-order valence-electron chi connectivity index (χ1n) is 11.8. The average molecular weight is 482 g/mol. The second kappa shape index (κ2) is 9.84. The van der Waals surface area contributed by atoms with E-state index in [1.165, 1.54) is 16.9 Å². The molecule has 2 unspecified atom stereocenters. The first kappa shape index (κ1) is 23.0. The molecule has 1 N–H and O–H groups in total. The molecule has 176 valence electrons.